The minimum Gasteiger partial charge on any atom is -0.368 e. The molecule has 0 aliphatic heterocycles. The second-order valence-corrected chi connectivity index (χ2v) is 8.37. The third kappa shape index (κ3) is 4.54. The van der Waals surface area contributed by atoms with E-state index < -0.39 is 27.2 Å². The Morgan fingerprint density at radius 3 is 2.43 bits per heavy atom. The summed E-state index contributed by atoms with van der Waals surface area (Å²) in [6, 6.07) is 6.42. The number of nitrogens with two attached hydrogens (primary N) is 1. The van der Waals surface area contributed by atoms with Crippen LogP contribution in [0.5, 0.6) is 0 Å². The van der Waals surface area contributed by atoms with Crippen molar-refractivity contribution < 1.29 is 18.0 Å². The number of carbonyl (C=O) groups is 2. The third-order valence-electron chi connectivity index (χ3n) is 4.15. The van der Waals surface area contributed by atoms with E-state index >= 15 is 0 Å². The number of hydrogen-bond donors (Lipinski definition) is 2. The molecule has 1 fully saturated rings. The van der Waals surface area contributed by atoms with Crippen LogP contribution in [0.25, 0.3) is 0 Å². The molecule has 0 saturated heterocycles. The number of nitrogens with one attached hydrogen (secondary N) is 1. The molecule has 0 heterocycles. The van der Waals surface area contributed by atoms with E-state index in [1.165, 1.54) is 6.07 Å². The SMILES string of the molecule is CS(=O)(=O)Cc1cccc(C(=O)NC2(C(N)=O)CCCCC2)c1. The molecule has 0 unspecified atom stereocenters. The lowest BCUT2D eigenvalue weighted by atomic mass is 9.81. The molecule has 1 aliphatic rings. The van der Waals surface area contributed by atoms with Gasteiger partial charge in [-0.25, -0.2) is 8.42 Å². The van der Waals surface area contributed by atoms with Crippen LogP contribution in [0.3, 0.4) is 0 Å². The molecule has 23 heavy (non-hydrogen) atoms. The van der Waals surface area contributed by atoms with Gasteiger partial charge in [-0.1, -0.05) is 31.4 Å². The average Bonchev–Trinajstić information content (AvgIpc) is 2.46. The molecule has 0 radical (unpaired) electrons. The molecular weight excluding hydrogens is 316 g/mol. The Labute approximate surface area is 136 Å². The smallest absolute Gasteiger partial charge is 0.252 e. The molecule has 1 saturated carbocycles. The molecule has 1 aromatic rings. The number of amides is 2. The number of primary amides is 1. The summed E-state index contributed by atoms with van der Waals surface area (Å²) in [4.78, 5) is 24.3. The van der Waals surface area contributed by atoms with Gasteiger partial charge in [0.25, 0.3) is 5.91 Å². The molecular formula is C16H22N2O4S. The Hall–Kier alpha value is -1.89. The van der Waals surface area contributed by atoms with Gasteiger partial charge in [-0.3, -0.25) is 9.59 Å². The molecule has 0 atom stereocenters. The molecule has 2 rings (SSSR count). The van der Waals surface area contributed by atoms with Gasteiger partial charge in [-0.05, 0) is 30.5 Å². The number of benzene rings is 1. The standard InChI is InChI=1S/C16H22N2O4S/c1-23(21,22)11-12-6-5-7-13(10-12)14(19)18-16(15(17)20)8-3-2-4-9-16/h5-7,10H,2-4,8-9,11H2,1H3,(H2,17,20)(H,18,19). The van der Waals surface area contributed by atoms with Crippen molar-refractivity contribution in [1.29, 1.82) is 0 Å². The van der Waals surface area contributed by atoms with Gasteiger partial charge < -0.3 is 11.1 Å². The first-order chi connectivity index (χ1) is 10.7. The van der Waals surface area contributed by atoms with Crippen molar-refractivity contribution in [2.75, 3.05) is 6.26 Å². The number of rotatable bonds is 5. The van der Waals surface area contributed by atoms with Crippen LogP contribution in [0.15, 0.2) is 24.3 Å². The lowest BCUT2D eigenvalue weighted by molar-refractivity contribution is -0.125. The molecule has 6 nitrogen and oxygen atoms in total. The molecule has 3 N–H and O–H groups in total. The zero-order valence-electron chi connectivity index (χ0n) is 13.2. The highest BCUT2D eigenvalue weighted by molar-refractivity contribution is 7.89. The van der Waals surface area contributed by atoms with Gasteiger partial charge in [-0.15, -0.1) is 0 Å². The van der Waals surface area contributed by atoms with Gasteiger partial charge in [0.05, 0.1) is 5.75 Å². The Bertz CT molecular complexity index is 707. The molecule has 1 aliphatic carbocycles. The van der Waals surface area contributed by atoms with E-state index in [1.54, 1.807) is 18.2 Å². The summed E-state index contributed by atoms with van der Waals surface area (Å²) in [5, 5.41) is 2.78. The van der Waals surface area contributed by atoms with Crippen LogP contribution in [-0.4, -0.2) is 32.0 Å². The van der Waals surface area contributed by atoms with Gasteiger partial charge in [0.2, 0.25) is 5.91 Å². The third-order valence-corrected chi connectivity index (χ3v) is 5.01. The van der Waals surface area contributed by atoms with E-state index in [-0.39, 0.29) is 5.75 Å². The van der Waals surface area contributed by atoms with Crippen LogP contribution >= 0.6 is 0 Å². The van der Waals surface area contributed by atoms with E-state index in [2.05, 4.69) is 5.32 Å². The predicted molar refractivity (Wildman–Crippen MR) is 87.5 cm³/mol. The molecule has 0 aromatic heterocycles. The second kappa shape index (κ2) is 6.70. The highest BCUT2D eigenvalue weighted by atomic mass is 32.2. The molecule has 0 bridgehead atoms. The Kier molecular flexibility index (Phi) is 5.09. The fourth-order valence-electron chi connectivity index (χ4n) is 2.98. The van der Waals surface area contributed by atoms with Crippen molar-refractivity contribution in [3.05, 3.63) is 35.4 Å². The maximum atomic E-state index is 12.5. The average molecular weight is 338 g/mol. The zero-order chi connectivity index (χ0) is 17.1. The van der Waals surface area contributed by atoms with Gasteiger partial charge in [0, 0.05) is 11.8 Å². The number of hydrogen-bond acceptors (Lipinski definition) is 4. The maximum Gasteiger partial charge on any atom is 0.252 e. The van der Waals surface area contributed by atoms with Crippen LogP contribution < -0.4 is 11.1 Å². The fourth-order valence-corrected chi connectivity index (χ4v) is 3.77. The monoisotopic (exact) mass is 338 g/mol. The Morgan fingerprint density at radius 2 is 1.87 bits per heavy atom. The number of carbonyl (C=O) groups excluding carboxylic acids is 2. The van der Waals surface area contributed by atoms with Crippen molar-refractivity contribution in [3.63, 3.8) is 0 Å². The first-order valence-corrected chi connectivity index (χ1v) is 9.67. The minimum atomic E-state index is -3.18. The summed E-state index contributed by atoms with van der Waals surface area (Å²) < 4.78 is 22.8. The summed E-state index contributed by atoms with van der Waals surface area (Å²) in [5.41, 5.74) is 5.38. The van der Waals surface area contributed by atoms with Crippen molar-refractivity contribution in [2.24, 2.45) is 5.73 Å². The normalized spacial score (nSPS) is 17.4. The topological polar surface area (TPSA) is 106 Å². The van der Waals surface area contributed by atoms with Crippen molar-refractivity contribution >= 4 is 21.7 Å². The van der Waals surface area contributed by atoms with E-state index in [0.717, 1.165) is 25.5 Å². The van der Waals surface area contributed by atoms with Gasteiger partial charge in [0.1, 0.15) is 5.54 Å². The van der Waals surface area contributed by atoms with E-state index in [1.807, 2.05) is 0 Å². The van der Waals surface area contributed by atoms with Crippen molar-refractivity contribution in [1.82, 2.24) is 5.32 Å². The Morgan fingerprint density at radius 1 is 1.22 bits per heavy atom. The largest absolute Gasteiger partial charge is 0.368 e. The van der Waals surface area contributed by atoms with Gasteiger partial charge in [-0.2, -0.15) is 0 Å². The first-order valence-electron chi connectivity index (χ1n) is 7.61. The summed E-state index contributed by atoms with van der Waals surface area (Å²) in [7, 11) is -3.18. The quantitative estimate of drug-likeness (QED) is 0.840. The Balaban J connectivity index is 2.19. The maximum absolute atomic E-state index is 12.5. The summed E-state index contributed by atoms with van der Waals surface area (Å²) in [6.45, 7) is 0. The molecule has 2 amide bonds. The van der Waals surface area contributed by atoms with Crippen LogP contribution in [0, 0.1) is 0 Å². The van der Waals surface area contributed by atoms with E-state index in [0.29, 0.717) is 24.0 Å². The summed E-state index contributed by atoms with van der Waals surface area (Å²) >= 11 is 0. The van der Waals surface area contributed by atoms with Crippen molar-refractivity contribution in [2.45, 2.75) is 43.4 Å². The van der Waals surface area contributed by atoms with Crippen LogP contribution in [0.1, 0.15) is 48.0 Å². The second-order valence-electron chi connectivity index (χ2n) is 6.23. The fraction of sp³-hybridized carbons (Fsp3) is 0.500. The highest BCUT2D eigenvalue weighted by Crippen LogP contribution is 2.28. The van der Waals surface area contributed by atoms with Gasteiger partial charge >= 0.3 is 0 Å². The highest BCUT2D eigenvalue weighted by Gasteiger charge is 2.39. The molecule has 1 aromatic carbocycles. The summed E-state index contributed by atoms with van der Waals surface area (Å²) in [6.07, 6.45) is 4.93. The van der Waals surface area contributed by atoms with Gasteiger partial charge in [0.15, 0.2) is 9.84 Å². The molecule has 0 spiro atoms. The predicted octanol–water partition coefficient (Wildman–Crippen LogP) is 1.15. The molecule has 126 valence electrons. The minimum absolute atomic E-state index is 0.130. The van der Waals surface area contributed by atoms with E-state index in [4.69, 9.17) is 5.73 Å². The lowest BCUT2D eigenvalue weighted by Crippen LogP contribution is -2.58. The summed E-state index contributed by atoms with van der Waals surface area (Å²) in [5.74, 6) is -1.05. The van der Waals surface area contributed by atoms with Crippen LogP contribution in [-0.2, 0) is 20.4 Å². The lowest BCUT2D eigenvalue weighted by Gasteiger charge is -2.35. The zero-order valence-corrected chi connectivity index (χ0v) is 14.0. The van der Waals surface area contributed by atoms with E-state index in [9.17, 15) is 18.0 Å². The van der Waals surface area contributed by atoms with Crippen molar-refractivity contribution in [3.8, 4) is 0 Å². The van der Waals surface area contributed by atoms with Crippen LogP contribution in [0.2, 0.25) is 0 Å². The molecule has 7 heteroatoms. The first kappa shape index (κ1) is 17.5. The van der Waals surface area contributed by atoms with Crippen LogP contribution in [0.4, 0.5) is 0 Å². The number of sulfone groups is 1.